The van der Waals surface area contributed by atoms with Crippen molar-refractivity contribution < 1.29 is 14.7 Å². The molecular formula is C10H11N3O3. The molecule has 1 heterocycles. The zero-order chi connectivity index (χ0) is 11.7. The third kappa shape index (κ3) is 1.90. The average molecular weight is 221 g/mol. The number of aliphatic carboxylic acids is 1. The first kappa shape index (κ1) is 10.3. The number of carbonyl (C=O) groups is 2. The van der Waals surface area contributed by atoms with Crippen LogP contribution in [0.25, 0.3) is 0 Å². The molecule has 6 heteroatoms. The topological polar surface area (TPSA) is 104 Å². The molecule has 6 nitrogen and oxygen atoms in total. The Morgan fingerprint density at radius 1 is 1.56 bits per heavy atom. The average Bonchev–Trinajstić information content (AvgIpc) is 2.53. The molecule has 0 aliphatic carbocycles. The first-order chi connectivity index (χ1) is 7.56. The number of rotatable bonds is 3. The predicted molar refractivity (Wildman–Crippen MR) is 59.3 cm³/mol. The Bertz CT molecular complexity index is 471. The van der Waals surface area contributed by atoms with Crippen molar-refractivity contribution in [1.29, 1.82) is 0 Å². The number of hydrogen-bond acceptors (Lipinski definition) is 4. The van der Waals surface area contributed by atoms with Crippen molar-refractivity contribution in [3.63, 3.8) is 0 Å². The van der Waals surface area contributed by atoms with Crippen LogP contribution in [0.2, 0.25) is 0 Å². The van der Waals surface area contributed by atoms with E-state index in [1.165, 1.54) is 0 Å². The van der Waals surface area contributed by atoms with Gasteiger partial charge in [-0.15, -0.1) is 0 Å². The van der Waals surface area contributed by atoms with Crippen LogP contribution in [0.3, 0.4) is 0 Å². The molecule has 0 saturated carbocycles. The third-order valence-corrected chi connectivity index (χ3v) is 2.33. The Labute approximate surface area is 91.4 Å². The maximum absolute atomic E-state index is 11.1. The van der Waals surface area contributed by atoms with Crippen molar-refractivity contribution in [2.24, 2.45) is 0 Å². The molecule has 2 rings (SSSR count). The van der Waals surface area contributed by atoms with Gasteiger partial charge in [0.15, 0.2) is 0 Å². The maximum Gasteiger partial charge on any atom is 0.322 e. The number of nitrogen functional groups attached to an aromatic ring is 1. The van der Waals surface area contributed by atoms with Crippen LogP contribution in [0.1, 0.15) is 5.56 Å². The van der Waals surface area contributed by atoms with E-state index in [-0.39, 0.29) is 12.5 Å². The zero-order valence-corrected chi connectivity index (χ0v) is 8.41. The number of fused-ring (bicyclic) bond motifs is 1. The minimum atomic E-state index is -0.969. The molecule has 1 aliphatic rings. The van der Waals surface area contributed by atoms with Gasteiger partial charge in [-0.05, 0) is 17.7 Å². The van der Waals surface area contributed by atoms with Crippen LogP contribution in [-0.2, 0) is 16.0 Å². The summed E-state index contributed by atoms with van der Waals surface area (Å²) >= 11 is 0. The van der Waals surface area contributed by atoms with Crippen LogP contribution in [0.5, 0.6) is 0 Å². The highest BCUT2D eigenvalue weighted by molar-refractivity contribution is 6.01. The van der Waals surface area contributed by atoms with Gasteiger partial charge in [-0.25, -0.2) is 0 Å². The minimum absolute atomic E-state index is 0.0789. The van der Waals surface area contributed by atoms with Crippen LogP contribution in [0, 0.1) is 0 Å². The molecule has 0 atom stereocenters. The summed E-state index contributed by atoms with van der Waals surface area (Å²) in [5, 5.41) is 13.9. The van der Waals surface area contributed by atoms with Gasteiger partial charge in [0.05, 0.1) is 17.8 Å². The molecule has 5 N–H and O–H groups in total. The van der Waals surface area contributed by atoms with Crippen LogP contribution in [0.15, 0.2) is 12.1 Å². The second kappa shape index (κ2) is 3.73. The molecule has 0 bridgehead atoms. The Morgan fingerprint density at radius 2 is 2.31 bits per heavy atom. The van der Waals surface area contributed by atoms with Crippen molar-refractivity contribution in [2.45, 2.75) is 6.42 Å². The van der Waals surface area contributed by atoms with Gasteiger partial charge in [0.1, 0.15) is 6.54 Å². The molecule has 0 spiro atoms. The smallest absolute Gasteiger partial charge is 0.322 e. The van der Waals surface area contributed by atoms with E-state index >= 15 is 0 Å². The summed E-state index contributed by atoms with van der Waals surface area (Å²) in [7, 11) is 0. The van der Waals surface area contributed by atoms with Crippen LogP contribution in [0.4, 0.5) is 17.1 Å². The van der Waals surface area contributed by atoms with E-state index in [2.05, 4.69) is 10.6 Å². The van der Waals surface area contributed by atoms with E-state index in [9.17, 15) is 9.59 Å². The normalized spacial score (nSPS) is 13.1. The molecule has 1 aliphatic heterocycles. The summed E-state index contributed by atoms with van der Waals surface area (Å²) in [6.07, 6.45) is 0.318. The highest BCUT2D eigenvalue weighted by Crippen LogP contribution is 2.31. The fourth-order valence-corrected chi connectivity index (χ4v) is 1.62. The number of hydrogen-bond donors (Lipinski definition) is 4. The predicted octanol–water partition coefficient (Wildman–Crippen LogP) is 0.260. The Kier molecular flexibility index (Phi) is 2.40. The molecule has 0 saturated heterocycles. The molecule has 16 heavy (non-hydrogen) atoms. The van der Waals surface area contributed by atoms with Crippen molar-refractivity contribution in [3.8, 4) is 0 Å². The lowest BCUT2D eigenvalue weighted by Gasteiger charge is -2.09. The number of nitrogens with one attached hydrogen (secondary N) is 2. The molecule has 0 unspecified atom stereocenters. The Hall–Kier alpha value is -2.24. The van der Waals surface area contributed by atoms with E-state index in [0.717, 1.165) is 5.56 Å². The lowest BCUT2D eigenvalue weighted by atomic mass is 10.1. The van der Waals surface area contributed by atoms with Crippen molar-refractivity contribution in [2.75, 3.05) is 22.9 Å². The fraction of sp³-hybridized carbons (Fsp3) is 0.200. The Balaban J connectivity index is 2.24. The van der Waals surface area contributed by atoms with Gasteiger partial charge in [-0.3, -0.25) is 9.59 Å². The number of carboxylic acids is 1. The highest BCUT2D eigenvalue weighted by atomic mass is 16.4. The monoisotopic (exact) mass is 221 g/mol. The highest BCUT2D eigenvalue weighted by Gasteiger charge is 2.19. The second-order valence-electron chi connectivity index (χ2n) is 3.57. The van der Waals surface area contributed by atoms with Crippen LogP contribution >= 0.6 is 0 Å². The first-order valence-electron chi connectivity index (χ1n) is 4.74. The lowest BCUT2D eigenvalue weighted by molar-refractivity contribution is -0.134. The summed E-state index contributed by atoms with van der Waals surface area (Å²) in [4.78, 5) is 21.5. The molecule has 1 amide bonds. The van der Waals surface area contributed by atoms with Crippen LogP contribution < -0.4 is 16.4 Å². The molecule has 1 aromatic carbocycles. The molecule has 0 radical (unpaired) electrons. The summed E-state index contributed by atoms with van der Waals surface area (Å²) in [5.41, 5.74) is 8.21. The summed E-state index contributed by atoms with van der Waals surface area (Å²) in [6.45, 7) is -0.211. The van der Waals surface area contributed by atoms with Gasteiger partial charge >= 0.3 is 5.97 Å². The van der Waals surface area contributed by atoms with Gasteiger partial charge < -0.3 is 21.5 Å². The van der Waals surface area contributed by atoms with Crippen LogP contribution in [-0.4, -0.2) is 23.5 Å². The molecule has 0 aromatic heterocycles. The van der Waals surface area contributed by atoms with Gasteiger partial charge in [0, 0.05) is 5.69 Å². The van der Waals surface area contributed by atoms with Gasteiger partial charge in [0.25, 0.3) is 0 Å². The number of anilines is 3. The fourth-order valence-electron chi connectivity index (χ4n) is 1.62. The zero-order valence-electron chi connectivity index (χ0n) is 8.41. The summed E-state index contributed by atoms with van der Waals surface area (Å²) < 4.78 is 0. The van der Waals surface area contributed by atoms with Crippen molar-refractivity contribution in [1.82, 2.24) is 0 Å². The van der Waals surface area contributed by atoms with Gasteiger partial charge in [0.2, 0.25) is 5.91 Å². The van der Waals surface area contributed by atoms with E-state index in [1.54, 1.807) is 12.1 Å². The maximum atomic E-state index is 11.1. The summed E-state index contributed by atoms with van der Waals surface area (Å²) in [6, 6.07) is 3.33. The first-order valence-corrected chi connectivity index (χ1v) is 4.74. The quantitative estimate of drug-likeness (QED) is 0.548. The third-order valence-electron chi connectivity index (χ3n) is 2.33. The van der Waals surface area contributed by atoms with E-state index in [4.69, 9.17) is 10.8 Å². The number of nitrogens with two attached hydrogens (primary N) is 1. The SMILES string of the molecule is Nc1cc2c(cc1NCC(=O)O)NC(=O)C2. The van der Waals surface area contributed by atoms with Crippen molar-refractivity contribution in [3.05, 3.63) is 17.7 Å². The number of benzene rings is 1. The van der Waals surface area contributed by atoms with Gasteiger partial charge in [-0.1, -0.05) is 0 Å². The molecule has 0 fully saturated rings. The van der Waals surface area contributed by atoms with E-state index in [0.29, 0.717) is 23.5 Å². The van der Waals surface area contributed by atoms with E-state index in [1.807, 2.05) is 0 Å². The Morgan fingerprint density at radius 3 is 3.00 bits per heavy atom. The lowest BCUT2D eigenvalue weighted by Crippen LogP contribution is -2.13. The van der Waals surface area contributed by atoms with E-state index < -0.39 is 5.97 Å². The standard InChI is InChI=1S/C10H11N3O3/c11-6-1-5-2-9(14)13-7(5)3-8(6)12-4-10(15)16/h1,3,12H,2,4,11H2,(H,13,14)(H,15,16). The van der Waals surface area contributed by atoms with Gasteiger partial charge in [-0.2, -0.15) is 0 Å². The van der Waals surface area contributed by atoms with Crippen molar-refractivity contribution >= 4 is 28.9 Å². The number of amides is 1. The largest absolute Gasteiger partial charge is 0.480 e. The second-order valence-corrected chi connectivity index (χ2v) is 3.57. The number of carbonyl (C=O) groups excluding carboxylic acids is 1. The molecule has 1 aromatic rings. The summed E-state index contributed by atoms with van der Waals surface area (Å²) in [5.74, 6) is -1.05. The molecular weight excluding hydrogens is 210 g/mol. The number of carboxylic acid groups (broad SMARTS) is 1. The minimum Gasteiger partial charge on any atom is -0.480 e. The molecule has 84 valence electrons.